The molecule has 2 rings (SSSR count). The van der Waals surface area contributed by atoms with Crippen molar-refractivity contribution in [3.8, 4) is 11.8 Å². The van der Waals surface area contributed by atoms with Crippen molar-refractivity contribution in [2.24, 2.45) is 5.92 Å². The molecular weight excluding hydrogens is 256 g/mol. The average molecular weight is 276 g/mol. The van der Waals surface area contributed by atoms with E-state index in [9.17, 15) is 5.26 Å². The number of benzene rings is 1. The molecule has 0 bridgehead atoms. The first-order valence-corrected chi connectivity index (χ1v) is 7.98. The highest BCUT2D eigenvalue weighted by Gasteiger charge is 2.14. The van der Waals surface area contributed by atoms with Gasteiger partial charge in [-0.1, -0.05) is 6.07 Å². The van der Waals surface area contributed by atoms with Crippen LogP contribution in [-0.4, -0.2) is 26.0 Å². The normalized spacial score (nSPS) is 18.8. The van der Waals surface area contributed by atoms with Crippen LogP contribution in [0.15, 0.2) is 23.1 Å². The summed E-state index contributed by atoms with van der Waals surface area (Å²) in [6.07, 6.45) is 5.58. The number of nitrogens with zero attached hydrogens (tertiary/aromatic N) is 1. The van der Waals surface area contributed by atoms with E-state index >= 15 is 0 Å². The zero-order valence-corrected chi connectivity index (χ0v) is 12.1. The van der Waals surface area contributed by atoms with E-state index in [1.165, 1.54) is 12.8 Å². The molecule has 1 fully saturated rings. The summed E-state index contributed by atoms with van der Waals surface area (Å²) >= 11 is 1.58. The van der Waals surface area contributed by atoms with Crippen molar-refractivity contribution in [3.63, 3.8) is 0 Å². The van der Waals surface area contributed by atoms with Crippen LogP contribution >= 0.6 is 11.8 Å². The van der Waals surface area contributed by atoms with Crippen LogP contribution in [0.4, 0.5) is 0 Å². The van der Waals surface area contributed by atoms with E-state index in [0.29, 0.717) is 18.1 Å². The molecule has 0 aliphatic carbocycles. The van der Waals surface area contributed by atoms with Gasteiger partial charge in [0.1, 0.15) is 17.4 Å². The molecule has 1 unspecified atom stereocenters. The van der Waals surface area contributed by atoms with Crippen molar-refractivity contribution < 1.29 is 4.74 Å². The molecule has 1 aromatic rings. The predicted molar refractivity (Wildman–Crippen MR) is 78.6 cm³/mol. The maximum atomic E-state index is 9.23. The number of hydrogen-bond donors (Lipinski definition) is 1. The molecule has 4 heteroatoms. The zero-order valence-electron chi connectivity index (χ0n) is 11.3. The molecule has 1 atom stereocenters. The molecule has 0 spiro atoms. The van der Waals surface area contributed by atoms with Crippen LogP contribution in [0.1, 0.15) is 24.8 Å². The molecule has 102 valence electrons. The van der Waals surface area contributed by atoms with Crippen molar-refractivity contribution in [1.29, 1.82) is 5.26 Å². The van der Waals surface area contributed by atoms with Crippen LogP contribution in [-0.2, 0) is 0 Å². The third-order valence-electron chi connectivity index (χ3n) is 3.50. The van der Waals surface area contributed by atoms with Gasteiger partial charge in [0.2, 0.25) is 0 Å². The second kappa shape index (κ2) is 7.42. The zero-order chi connectivity index (χ0) is 13.5. The van der Waals surface area contributed by atoms with E-state index in [4.69, 9.17) is 4.74 Å². The lowest BCUT2D eigenvalue weighted by molar-refractivity contribution is 0.253. The molecular formula is C15H20N2OS. The minimum Gasteiger partial charge on any atom is -0.492 e. The van der Waals surface area contributed by atoms with Gasteiger partial charge in [0.25, 0.3) is 0 Å². The molecule has 1 saturated heterocycles. The summed E-state index contributed by atoms with van der Waals surface area (Å²) in [6.45, 7) is 2.93. The Bertz CT molecular complexity index is 450. The Kier molecular flexibility index (Phi) is 5.56. The highest BCUT2D eigenvalue weighted by atomic mass is 32.2. The van der Waals surface area contributed by atoms with E-state index in [1.807, 2.05) is 24.5 Å². The summed E-state index contributed by atoms with van der Waals surface area (Å²) in [6, 6.07) is 8.04. The van der Waals surface area contributed by atoms with Gasteiger partial charge in [-0.15, -0.1) is 11.8 Å². The smallest absolute Gasteiger partial charge is 0.138 e. The Morgan fingerprint density at radius 3 is 3.11 bits per heavy atom. The highest BCUT2D eigenvalue weighted by Crippen LogP contribution is 2.28. The van der Waals surface area contributed by atoms with Gasteiger partial charge in [0.15, 0.2) is 0 Å². The summed E-state index contributed by atoms with van der Waals surface area (Å²) in [5, 5.41) is 12.6. The molecule has 19 heavy (non-hydrogen) atoms. The van der Waals surface area contributed by atoms with Crippen LogP contribution in [0, 0.1) is 17.2 Å². The van der Waals surface area contributed by atoms with Gasteiger partial charge < -0.3 is 10.1 Å². The molecule has 3 nitrogen and oxygen atoms in total. The Balaban J connectivity index is 1.90. The lowest BCUT2D eigenvalue weighted by Crippen LogP contribution is -2.30. The van der Waals surface area contributed by atoms with Crippen molar-refractivity contribution in [3.05, 3.63) is 23.8 Å². The molecule has 1 heterocycles. The minimum absolute atomic E-state index is 0.664. The van der Waals surface area contributed by atoms with Gasteiger partial charge in [-0.2, -0.15) is 5.26 Å². The third-order valence-corrected chi connectivity index (χ3v) is 4.28. The van der Waals surface area contributed by atoms with Crippen molar-refractivity contribution in [1.82, 2.24) is 5.32 Å². The topological polar surface area (TPSA) is 45.0 Å². The standard InChI is InChI=1S/C15H20N2OS/c1-19-15-6-2-5-14(13(15)10-16)18-9-7-12-4-3-8-17-11-12/h2,5-6,12,17H,3-4,7-9,11H2,1H3. The maximum Gasteiger partial charge on any atom is 0.138 e. The lowest BCUT2D eigenvalue weighted by Gasteiger charge is -2.22. The van der Waals surface area contributed by atoms with E-state index in [2.05, 4.69) is 11.4 Å². The first kappa shape index (κ1) is 14.2. The number of ether oxygens (including phenoxy) is 1. The molecule has 1 aliphatic heterocycles. The van der Waals surface area contributed by atoms with Gasteiger partial charge in [-0.3, -0.25) is 0 Å². The summed E-state index contributed by atoms with van der Waals surface area (Å²) in [7, 11) is 0. The monoisotopic (exact) mass is 276 g/mol. The molecule has 1 aliphatic rings. The van der Waals surface area contributed by atoms with E-state index in [-0.39, 0.29) is 0 Å². The highest BCUT2D eigenvalue weighted by molar-refractivity contribution is 7.98. The molecule has 0 saturated carbocycles. The van der Waals surface area contributed by atoms with Crippen LogP contribution in [0.3, 0.4) is 0 Å². The van der Waals surface area contributed by atoms with Crippen LogP contribution in [0.2, 0.25) is 0 Å². The van der Waals surface area contributed by atoms with Gasteiger partial charge >= 0.3 is 0 Å². The number of thioether (sulfide) groups is 1. The Hall–Kier alpha value is -1.18. The first-order valence-electron chi connectivity index (χ1n) is 6.75. The van der Waals surface area contributed by atoms with E-state index < -0.39 is 0 Å². The van der Waals surface area contributed by atoms with Crippen LogP contribution in [0.5, 0.6) is 5.75 Å². The average Bonchev–Trinajstić information content (AvgIpc) is 2.48. The molecule has 0 radical (unpaired) electrons. The SMILES string of the molecule is CSc1cccc(OCCC2CCCNC2)c1C#N. The maximum absolute atomic E-state index is 9.23. The molecule has 0 aromatic heterocycles. The number of rotatable bonds is 5. The van der Waals surface area contributed by atoms with Crippen LogP contribution in [0.25, 0.3) is 0 Å². The van der Waals surface area contributed by atoms with Gasteiger partial charge in [-0.25, -0.2) is 0 Å². The van der Waals surface area contributed by atoms with Crippen molar-refractivity contribution in [2.45, 2.75) is 24.2 Å². The third kappa shape index (κ3) is 3.89. The summed E-state index contributed by atoms with van der Waals surface area (Å²) in [5.74, 6) is 1.43. The van der Waals surface area contributed by atoms with Crippen molar-refractivity contribution in [2.75, 3.05) is 26.0 Å². The van der Waals surface area contributed by atoms with Gasteiger partial charge in [0.05, 0.1) is 6.61 Å². The molecule has 1 N–H and O–H groups in total. The number of piperidine rings is 1. The van der Waals surface area contributed by atoms with Gasteiger partial charge in [0, 0.05) is 4.90 Å². The second-order valence-corrected chi connectivity index (χ2v) is 5.64. The molecule has 0 amide bonds. The second-order valence-electron chi connectivity index (χ2n) is 4.79. The first-order chi connectivity index (χ1) is 9.35. The number of nitriles is 1. The largest absolute Gasteiger partial charge is 0.492 e. The molecule has 1 aromatic carbocycles. The minimum atomic E-state index is 0.664. The Morgan fingerprint density at radius 2 is 2.42 bits per heavy atom. The fourth-order valence-electron chi connectivity index (χ4n) is 2.42. The predicted octanol–water partition coefficient (Wildman–Crippen LogP) is 3.05. The Morgan fingerprint density at radius 1 is 1.53 bits per heavy atom. The van der Waals surface area contributed by atoms with E-state index in [1.54, 1.807) is 11.8 Å². The lowest BCUT2D eigenvalue weighted by atomic mass is 9.97. The summed E-state index contributed by atoms with van der Waals surface area (Å²) in [4.78, 5) is 0.985. The quantitative estimate of drug-likeness (QED) is 0.840. The fraction of sp³-hybridized carbons (Fsp3) is 0.533. The Labute approximate surface area is 119 Å². The van der Waals surface area contributed by atoms with Gasteiger partial charge in [-0.05, 0) is 56.7 Å². The van der Waals surface area contributed by atoms with Crippen LogP contribution < -0.4 is 10.1 Å². The summed E-state index contributed by atoms with van der Waals surface area (Å²) in [5.41, 5.74) is 0.664. The summed E-state index contributed by atoms with van der Waals surface area (Å²) < 4.78 is 5.81. The number of hydrogen-bond acceptors (Lipinski definition) is 4. The number of nitrogens with one attached hydrogen (secondary N) is 1. The van der Waals surface area contributed by atoms with E-state index in [0.717, 1.165) is 30.2 Å². The fourth-order valence-corrected chi connectivity index (χ4v) is 2.98. The van der Waals surface area contributed by atoms with Crippen molar-refractivity contribution >= 4 is 11.8 Å².